The fourth-order valence-electron chi connectivity index (χ4n) is 3.15. The van der Waals surface area contributed by atoms with Gasteiger partial charge in [-0.15, -0.1) is 11.3 Å². The van der Waals surface area contributed by atoms with Gasteiger partial charge in [0.1, 0.15) is 0 Å². The molecule has 0 radical (unpaired) electrons. The first kappa shape index (κ1) is 18.3. The maximum atomic E-state index is 12.3. The van der Waals surface area contributed by atoms with Crippen LogP contribution in [0.25, 0.3) is 0 Å². The lowest BCUT2D eigenvalue weighted by molar-refractivity contribution is -0.147. The van der Waals surface area contributed by atoms with E-state index in [1.165, 1.54) is 0 Å². The molecule has 5 nitrogen and oxygen atoms in total. The summed E-state index contributed by atoms with van der Waals surface area (Å²) in [5.41, 5.74) is 2.68. The first-order chi connectivity index (χ1) is 12.5. The number of carbonyl (C=O) groups excluding carboxylic acids is 3. The number of Topliss-reactive ketones (excluding diaryl/α,β-unsaturated/α-hetero) is 1. The third-order valence-electron chi connectivity index (χ3n) is 4.44. The second-order valence-electron chi connectivity index (χ2n) is 6.33. The Hall–Kier alpha value is -2.47. The lowest BCUT2D eigenvalue weighted by Crippen LogP contribution is -2.33. The Morgan fingerprint density at radius 3 is 2.65 bits per heavy atom. The van der Waals surface area contributed by atoms with Crippen molar-refractivity contribution in [2.75, 3.05) is 18.1 Å². The number of nitrogens with zero attached hydrogens (tertiary/aromatic N) is 1. The van der Waals surface area contributed by atoms with Crippen LogP contribution in [-0.2, 0) is 20.7 Å². The number of benzene rings is 1. The van der Waals surface area contributed by atoms with Gasteiger partial charge in [-0.3, -0.25) is 14.4 Å². The van der Waals surface area contributed by atoms with Crippen molar-refractivity contribution in [2.24, 2.45) is 0 Å². The number of carbonyl (C=O) groups is 3. The lowest BCUT2D eigenvalue weighted by Gasteiger charge is -2.17. The van der Waals surface area contributed by atoms with Gasteiger partial charge in [0.05, 0.1) is 6.42 Å². The van der Waals surface area contributed by atoms with Crippen LogP contribution in [0.3, 0.4) is 0 Å². The number of esters is 1. The van der Waals surface area contributed by atoms with E-state index in [4.69, 9.17) is 4.74 Å². The number of thiophene rings is 1. The quantitative estimate of drug-likeness (QED) is 0.576. The summed E-state index contributed by atoms with van der Waals surface area (Å²) in [6, 6.07) is 9.57. The Bertz CT molecular complexity index is 855. The predicted octanol–water partition coefficient (Wildman–Crippen LogP) is 3.46. The van der Waals surface area contributed by atoms with Gasteiger partial charge in [-0.05, 0) is 38.0 Å². The van der Waals surface area contributed by atoms with Crippen LogP contribution in [0.1, 0.15) is 38.5 Å². The summed E-state index contributed by atoms with van der Waals surface area (Å²) < 4.78 is 5.07. The van der Waals surface area contributed by atoms with Crippen LogP contribution >= 0.6 is 11.3 Å². The molecule has 0 bridgehead atoms. The smallest absolute Gasteiger partial charge is 0.306 e. The first-order valence-electron chi connectivity index (χ1n) is 8.60. The number of anilines is 1. The van der Waals surface area contributed by atoms with Crippen molar-refractivity contribution in [3.63, 3.8) is 0 Å². The maximum Gasteiger partial charge on any atom is 0.306 e. The summed E-state index contributed by atoms with van der Waals surface area (Å²) in [5.74, 6) is -0.827. The third-order valence-corrected chi connectivity index (χ3v) is 5.41. The standard InChI is InChI=1S/C20H21NO4S/c1-13-11-16(14(2)26-13)18(22)7-8-20(24)25-12-19(23)21-10-9-15-5-3-4-6-17(15)21/h3-6,11H,7-10,12H2,1-2H3. The molecule has 1 amide bonds. The minimum absolute atomic E-state index is 0.0168. The van der Waals surface area contributed by atoms with Crippen molar-refractivity contribution in [1.29, 1.82) is 0 Å². The molecule has 0 saturated heterocycles. The SMILES string of the molecule is Cc1cc(C(=O)CCC(=O)OCC(=O)N2CCc3ccccc32)c(C)s1. The average Bonchev–Trinajstić information content (AvgIpc) is 3.20. The zero-order valence-electron chi connectivity index (χ0n) is 14.9. The molecule has 6 heteroatoms. The van der Waals surface area contributed by atoms with E-state index in [-0.39, 0.29) is 31.1 Å². The third kappa shape index (κ3) is 4.02. The van der Waals surface area contributed by atoms with Crippen LogP contribution in [-0.4, -0.2) is 30.8 Å². The predicted molar refractivity (Wildman–Crippen MR) is 101 cm³/mol. The number of hydrogen-bond acceptors (Lipinski definition) is 5. The van der Waals surface area contributed by atoms with Gasteiger partial charge in [-0.2, -0.15) is 0 Å². The molecule has 3 rings (SSSR count). The van der Waals surface area contributed by atoms with Crippen LogP contribution in [0.15, 0.2) is 30.3 Å². The van der Waals surface area contributed by atoms with E-state index in [1.807, 2.05) is 44.2 Å². The maximum absolute atomic E-state index is 12.3. The zero-order chi connectivity index (χ0) is 18.7. The number of para-hydroxylation sites is 1. The van der Waals surface area contributed by atoms with Crippen LogP contribution in [0.5, 0.6) is 0 Å². The second kappa shape index (κ2) is 7.83. The van der Waals surface area contributed by atoms with Gasteiger partial charge in [0.2, 0.25) is 0 Å². The van der Waals surface area contributed by atoms with Gasteiger partial charge in [0.25, 0.3) is 5.91 Å². The van der Waals surface area contributed by atoms with E-state index in [9.17, 15) is 14.4 Å². The van der Waals surface area contributed by atoms with E-state index in [0.717, 1.165) is 27.4 Å². The van der Waals surface area contributed by atoms with Gasteiger partial charge in [-0.1, -0.05) is 18.2 Å². The van der Waals surface area contributed by atoms with Gasteiger partial charge in [-0.25, -0.2) is 0 Å². The Morgan fingerprint density at radius 2 is 1.92 bits per heavy atom. The van der Waals surface area contributed by atoms with Gasteiger partial charge >= 0.3 is 5.97 Å². The topological polar surface area (TPSA) is 63.7 Å². The Labute approximate surface area is 156 Å². The van der Waals surface area contributed by atoms with Crippen LogP contribution < -0.4 is 4.90 Å². The van der Waals surface area contributed by atoms with E-state index < -0.39 is 5.97 Å². The fourth-order valence-corrected chi connectivity index (χ4v) is 4.09. The molecule has 2 aromatic rings. The molecular formula is C20H21NO4S. The highest BCUT2D eigenvalue weighted by Gasteiger charge is 2.25. The van der Waals surface area contributed by atoms with Crippen molar-refractivity contribution in [3.05, 3.63) is 51.2 Å². The summed E-state index contributed by atoms with van der Waals surface area (Å²) in [6.45, 7) is 4.16. The molecule has 0 saturated carbocycles. The van der Waals surface area contributed by atoms with Gasteiger partial charge in [0, 0.05) is 34.0 Å². The average molecular weight is 371 g/mol. The molecule has 1 aliphatic heterocycles. The first-order valence-corrected chi connectivity index (χ1v) is 9.41. The molecule has 0 N–H and O–H groups in total. The number of aryl methyl sites for hydroxylation is 2. The second-order valence-corrected chi connectivity index (χ2v) is 7.80. The number of rotatable bonds is 6. The Balaban J connectivity index is 1.46. The highest BCUT2D eigenvalue weighted by Crippen LogP contribution is 2.27. The molecule has 136 valence electrons. The van der Waals surface area contributed by atoms with Crippen LogP contribution in [0.2, 0.25) is 0 Å². The van der Waals surface area contributed by atoms with Gasteiger partial charge < -0.3 is 9.64 Å². The molecule has 1 aromatic carbocycles. The summed E-state index contributed by atoms with van der Waals surface area (Å²) in [4.78, 5) is 40.1. The number of fused-ring (bicyclic) bond motifs is 1. The highest BCUT2D eigenvalue weighted by atomic mass is 32.1. The van der Waals surface area contributed by atoms with Crippen LogP contribution in [0, 0.1) is 13.8 Å². The van der Waals surface area contributed by atoms with Crippen molar-refractivity contribution in [2.45, 2.75) is 33.1 Å². The lowest BCUT2D eigenvalue weighted by atomic mass is 10.1. The van der Waals surface area contributed by atoms with E-state index in [0.29, 0.717) is 12.1 Å². The Morgan fingerprint density at radius 1 is 1.15 bits per heavy atom. The normalized spacial score (nSPS) is 12.8. The minimum Gasteiger partial charge on any atom is -0.456 e. The summed E-state index contributed by atoms with van der Waals surface area (Å²) in [5, 5.41) is 0. The number of ketones is 1. The molecule has 1 aliphatic rings. The zero-order valence-corrected chi connectivity index (χ0v) is 15.7. The molecule has 0 aliphatic carbocycles. The summed E-state index contributed by atoms with van der Waals surface area (Å²) >= 11 is 1.57. The van der Waals surface area contributed by atoms with Crippen molar-refractivity contribution >= 4 is 34.7 Å². The monoisotopic (exact) mass is 371 g/mol. The summed E-state index contributed by atoms with van der Waals surface area (Å²) in [6.07, 6.45) is 0.886. The number of ether oxygens (including phenoxy) is 1. The highest BCUT2D eigenvalue weighted by molar-refractivity contribution is 7.12. The number of amides is 1. The molecule has 26 heavy (non-hydrogen) atoms. The van der Waals surface area contributed by atoms with Crippen molar-refractivity contribution in [1.82, 2.24) is 0 Å². The molecule has 0 fully saturated rings. The Kier molecular flexibility index (Phi) is 5.52. The van der Waals surface area contributed by atoms with Crippen molar-refractivity contribution in [3.8, 4) is 0 Å². The van der Waals surface area contributed by atoms with Gasteiger partial charge in [0.15, 0.2) is 12.4 Å². The van der Waals surface area contributed by atoms with E-state index in [2.05, 4.69) is 0 Å². The molecule has 0 spiro atoms. The molecular weight excluding hydrogens is 350 g/mol. The van der Waals surface area contributed by atoms with Crippen molar-refractivity contribution < 1.29 is 19.1 Å². The molecule has 1 aromatic heterocycles. The van der Waals surface area contributed by atoms with E-state index in [1.54, 1.807) is 16.2 Å². The van der Waals surface area contributed by atoms with Crippen LogP contribution in [0.4, 0.5) is 5.69 Å². The summed E-state index contributed by atoms with van der Waals surface area (Å²) in [7, 11) is 0. The largest absolute Gasteiger partial charge is 0.456 e. The number of hydrogen-bond donors (Lipinski definition) is 0. The fraction of sp³-hybridized carbons (Fsp3) is 0.350. The molecule has 0 atom stereocenters. The molecule has 2 heterocycles. The minimum atomic E-state index is -0.524. The van der Waals surface area contributed by atoms with E-state index >= 15 is 0 Å². The molecule has 0 unspecified atom stereocenters.